The first-order valence-corrected chi connectivity index (χ1v) is 6.18. The van der Waals surface area contributed by atoms with Crippen molar-refractivity contribution < 1.29 is 9.53 Å². The molecular formula is C11H19N5O2. The standard InChI is InChI=1S/C11H19N5O2/c1-11(2,3)18-10(17)12-6-7-16-9(8-4-5-8)13-14-15-16/h8H,4-7H2,1-3H3,(H,12,17). The predicted octanol–water partition coefficient (Wildman–Crippen LogP) is 1.08. The number of hydrogen-bond acceptors (Lipinski definition) is 5. The second kappa shape index (κ2) is 4.91. The molecule has 0 radical (unpaired) electrons. The zero-order valence-corrected chi connectivity index (χ0v) is 11.0. The maximum absolute atomic E-state index is 11.4. The molecule has 100 valence electrons. The van der Waals surface area contributed by atoms with Gasteiger partial charge in [-0.15, -0.1) is 5.10 Å². The van der Waals surface area contributed by atoms with Crippen molar-refractivity contribution in [3.63, 3.8) is 0 Å². The van der Waals surface area contributed by atoms with Gasteiger partial charge in [-0.3, -0.25) is 0 Å². The monoisotopic (exact) mass is 253 g/mol. The lowest BCUT2D eigenvalue weighted by molar-refractivity contribution is 0.0525. The van der Waals surface area contributed by atoms with Crippen molar-refractivity contribution in [1.29, 1.82) is 0 Å². The largest absolute Gasteiger partial charge is 0.444 e. The topological polar surface area (TPSA) is 81.9 Å². The van der Waals surface area contributed by atoms with Crippen LogP contribution < -0.4 is 5.32 Å². The molecule has 1 fully saturated rings. The minimum atomic E-state index is -0.474. The van der Waals surface area contributed by atoms with Crippen LogP contribution in [0.25, 0.3) is 0 Å². The fraction of sp³-hybridized carbons (Fsp3) is 0.818. The van der Waals surface area contributed by atoms with Gasteiger partial charge in [0.1, 0.15) is 5.60 Å². The smallest absolute Gasteiger partial charge is 0.407 e. The molecule has 1 aromatic rings. The van der Waals surface area contributed by atoms with Gasteiger partial charge in [-0.1, -0.05) is 0 Å². The van der Waals surface area contributed by atoms with Gasteiger partial charge in [-0.05, 0) is 44.0 Å². The number of carbonyl (C=O) groups is 1. The van der Waals surface area contributed by atoms with Gasteiger partial charge >= 0.3 is 6.09 Å². The number of tetrazole rings is 1. The van der Waals surface area contributed by atoms with Crippen LogP contribution in [0.4, 0.5) is 4.79 Å². The normalized spacial score (nSPS) is 15.5. The number of amides is 1. The molecule has 7 nitrogen and oxygen atoms in total. The number of rotatable bonds is 4. The molecule has 2 rings (SSSR count). The Morgan fingerprint density at radius 3 is 2.83 bits per heavy atom. The maximum Gasteiger partial charge on any atom is 0.407 e. The summed E-state index contributed by atoms with van der Waals surface area (Å²) in [5.74, 6) is 1.42. The van der Waals surface area contributed by atoms with E-state index in [4.69, 9.17) is 4.74 Å². The van der Waals surface area contributed by atoms with Gasteiger partial charge in [0.25, 0.3) is 0 Å². The molecule has 7 heteroatoms. The molecule has 1 aromatic heterocycles. The lowest BCUT2D eigenvalue weighted by atomic mass is 10.2. The minimum absolute atomic E-state index is 0.413. The Kier molecular flexibility index (Phi) is 3.49. The van der Waals surface area contributed by atoms with Crippen LogP contribution in [0.3, 0.4) is 0 Å². The van der Waals surface area contributed by atoms with Crippen molar-refractivity contribution in [2.45, 2.75) is 51.7 Å². The number of aromatic nitrogens is 4. The summed E-state index contributed by atoms with van der Waals surface area (Å²) >= 11 is 0. The minimum Gasteiger partial charge on any atom is -0.444 e. The van der Waals surface area contributed by atoms with E-state index in [1.165, 1.54) is 0 Å². The van der Waals surface area contributed by atoms with Gasteiger partial charge in [-0.2, -0.15) is 0 Å². The molecular weight excluding hydrogens is 234 g/mol. The first kappa shape index (κ1) is 12.8. The highest BCUT2D eigenvalue weighted by Crippen LogP contribution is 2.38. The Morgan fingerprint density at radius 1 is 1.50 bits per heavy atom. The van der Waals surface area contributed by atoms with E-state index in [1.807, 2.05) is 20.8 Å². The van der Waals surface area contributed by atoms with Gasteiger partial charge in [0.2, 0.25) is 0 Å². The molecule has 1 aliphatic carbocycles. The van der Waals surface area contributed by atoms with Crippen molar-refractivity contribution in [3.8, 4) is 0 Å². The average molecular weight is 253 g/mol. The second-order valence-corrected chi connectivity index (χ2v) is 5.46. The van der Waals surface area contributed by atoms with Crippen LogP contribution in [0.5, 0.6) is 0 Å². The third kappa shape index (κ3) is 3.68. The van der Waals surface area contributed by atoms with Crippen LogP contribution in [0.15, 0.2) is 0 Å². The lowest BCUT2D eigenvalue weighted by Crippen LogP contribution is -2.34. The van der Waals surface area contributed by atoms with Crippen LogP contribution in [-0.2, 0) is 11.3 Å². The molecule has 0 atom stereocenters. The molecule has 1 saturated carbocycles. The van der Waals surface area contributed by atoms with Crippen molar-refractivity contribution in [2.75, 3.05) is 6.54 Å². The Hall–Kier alpha value is -1.66. The van der Waals surface area contributed by atoms with E-state index in [2.05, 4.69) is 20.8 Å². The van der Waals surface area contributed by atoms with Crippen molar-refractivity contribution >= 4 is 6.09 Å². The van der Waals surface area contributed by atoms with E-state index >= 15 is 0 Å². The van der Waals surface area contributed by atoms with E-state index < -0.39 is 11.7 Å². The Bertz CT molecular complexity index is 419. The maximum atomic E-state index is 11.4. The molecule has 1 N–H and O–H groups in total. The van der Waals surface area contributed by atoms with Crippen LogP contribution in [0.1, 0.15) is 45.4 Å². The summed E-state index contributed by atoms with van der Waals surface area (Å²) in [5, 5.41) is 14.3. The number of alkyl carbamates (subject to hydrolysis) is 1. The summed E-state index contributed by atoms with van der Waals surface area (Å²) in [7, 11) is 0. The highest BCUT2D eigenvalue weighted by molar-refractivity contribution is 5.67. The highest BCUT2D eigenvalue weighted by atomic mass is 16.6. The number of hydrogen-bond donors (Lipinski definition) is 1. The molecule has 0 aromatic carbocycles. The van der Waals surface area contributed by atoms with E-state index in [-0.39, 0.29) is 0 Å². The first-order valence-electron chi connectivity index (χ1n) is 6.18. The highest BCUT2D eigenvalue weighted by Gasteiger charge is 2.29. The van der Waals surface area contributed by atoms with Gasteiger partial charge in [0.15, 0.2) is 5.82 Å². The summed E-state index contributed by atoms with van der Waals surface area (Å²) in [6.45, 7) is 6.52. The Labute approximate surface area is 106 Å². The third-order valence-corrected chi connectivity index (χ3v) is 2.49. The van der Waals surface area contributed by atoms with Crippen LogP contribution in [-0.4, -0.2) is 38.4 Å². The molecule has 18 heavy (non-hydrogen) atoms. The van der Waals surface area contributed by atoms with Crippen molar-refractivity contribution in [3.05, 3.63) is 5.82 Å². The van der Waals surface area contributed by atoms with E-state index in [0.29, 0.717) is 19.0 Å². The molecule has 0 saturated heterocycles. The van der Waals surface area contributed by atoms with Crippen LogP contribution in [0.2, 0.25) is 0 Å². The van der Waals surface area contributed by atoms with Crippen LogP contribution >= 0.6 is 0 Å². The molecule has 0 bridgehead atoms. The van der Waals surface area contributed by atoms with Crippen molar-refractivity contribution in [2.24, 2.45) is 0 Å². The summed E-state index contributed by atoms with van der Waals surface area (Å²) in [4.78, 5) is 11.4. The van der Waals surface area contributed by atoms with E-state index in [9.17, 15) is 4.79 Å². The molecule has 0 spiro atoms. The predicted molar refractivity (Wildman–Crippen MR) is 64.0 cm³/mol. The molecule has 1 heterocycles. The zero-order valence-electron chi connectivity index (χ0n) is 11.0. The van der Waals surface area contributed by atoms with Crippen LogP contribution in [0, 0.1) is 0 Å². The summed E-state index contributed by atoms with van der Waals surface area (Å²) in [6, 6.07) is 0. The Balaban J connectivity index is 1.75. The van der Waals surface area contributed by atoms with E-state index in [1.54, 1.807) is 4.68 Å². The number of nitrogens with zero attached hydrogens (tertiary/aromatic N) is 4. The molecule has 1 amide bonds. The quantitative estimate of drug-likeness (QED) is 0.868. The van der Waals surface area contributed by atoms with Gasteiger partial charge in [0, 0.05) is 12.5 Å². The fourth-order valence-corrected chi connectivity index (χ4v) is 1.58. The first-order chi connectivity index (χ1) is 8.46. The number of carbonyl (C=O) groups excluding carboxylic acids is 1. The van der Waals surface area contributed by atoms with Gasteiger partial charge in [-0.25, -0.2) is 9.48 Å². The fourth-order valence-electron chi connectivity index (χ4n) is 1.58. The van der Waals surface area contributed by atoms with Gasteiger partial charge in [0.05, 0.1) is 6.54 Å². The average Bonchev–Trinajstić information content (AvgIpc) is 2.97. The molecule has 0 aliphatic heterocycles. The second-order valence-electron chi connectivity index (χ2n) is 5.46. The molecule has 1 aliphatic rings. The van der Waals surface area contributed by atoms with E-state index in [0.717, 1.165) is 18.7 Å². The SMILES string of the molecule is CC(C)(C)OC(=O)NCCn1nnnc1C1CC1. The number of ether oxygens (including phenoxy) is 1. The lowest BCUT2D eigenvalue weighted by Gasteiger charge is -2.19. The zero-order chi connectivity index (χ0) is 13.2. The van der Waals surface area contributed by atoms with Gasteiger partial charge < -0.3 is 10.1 Å². The summed E-state index contributed by atoms with van der Waals surface area (Å²) < 4.78 is 6.88. The van der Waals surface area contributed by atoms with Crippen molar-refractivity contribution in [1.82, 2.24) is 25.5 Å². The number of nitrogens with one attached hydrogen (secondary N) is 1. The Morgan fingerprint density at radius 2 is 2.22 bits per heavy atom. The summed E-state index contributed by atoms with van der Waals surface area (Å²) in [6.07, 6.45) is 1.89. The molecule has 0 unspecified atom stereocenters. The third-order valence-electron chi connectivity index (χ3n) is 2.49. The summed E-state index contributed by atoms with van der Waals surface area (Å²) in [5.41, 5.74) is -0.474.